The van der Waals surface area contributed by atoms with E-state index >= 15 is 0 Å². The Bertz CT molecular complexity index is 196. The smallest absolute Gasteiger partial charge is 0.401 e. The number of carboxylic acids is 1. The molecule has 2 N–H and O–H groups in total. The van der Waals surface area contributed by atoms with Gasteiger partial charge in [0.2, 0.25) is 0 Å². The van der Waals surface area contributed by atoms with Crippen molar-refractivity contribution in [3.05, 3.63) is 0 Å². The van der Waals surface area contributed by atoms with Gasteiger partial charge in [-0.05, 0) is 14.1 Å². The topological polar surface area (TPSA) is 52.6 Å². The van der Waals surface area contributed by atoms with Gasteiger partial charge < -0.3 is 10.4 Å². The largest absolute Gasteiger partial charge is 0.480 e. The van der Waals surface area contributed by atoms with E-state index in [-0.39, 0.29) is 6.54 Å². The second-order valence-corrected chi connectivity index (χ2v) is 2.99. The number of carbonyl (C=O) groups is 1. The number of likely N-dealkylation sites (N-methyl/N-ethyl adjacent to an activating group) is 2. The highest BCUT2D eigenvalue weighted by molar-refractivity contribution is 5.73. The van der Waals surface area contributed by atoms with Crippen molar-refractivity contribution in [1.29, 1.82) is 0 Å². The molecule has 0 amide bonds. The molecular formula is C7H13F3N2O2. The number of nitrogens with zero attached hydrogens (tertiary/aromatic N) is 1. The van der Waals surface area contributed by atoms with Crippen LogP contribution >= 0.6 is 0 Å². The molecule has 84 valence electrons. The van der Waals surface area contributed by atoms with E-state index in [9.17, 15) is 18.0 Å². The number of nitrogens with one attached hydrogen (secondary N) is 1. The van der Waals surface area contributed by atoms with Crippen LogP contribution in [0, 0.1) is 0 Å². The maximum absolute atomic E-state index is 11.9. The van der Waals surface area contributed by atoms with Crippen molar-refractivity contribution in [1.82, 2.24) is 10.2 Å². The van der Waals surface area contributed by atoms with Gasteiger partial charge in [0.05, 0.1) is 6.54 Å². The molecule has 0 rings (SSSR count). The summed E-state index contributed by atoms with van der Waals surface area (Å²) >= 11 is 0. The van der Waals surface area contributed by atoms with Crippen molar-refractivity contribution in [2.24, 2.45) is 0 Å². The Balaban J connectivity index is 4.03. The molecule has 0 aliphatic rings. The van der Waals surface area contributed by atoms with E-state index in [0.717, 1.165) is 4.90 Å². The molecule has 4 nitrogen and oxygen atoms in total. The first-order valence-electron chi connectivity index (χ1n) is 3.91. The van der Waals surface area contributed by atoms with E-state index in [2.05, 4.69) is 5.32 Å². The summed E-state index contributed by atoms with van der Waals surface area (Å²) < 4.78 is 35.6. The van der Waals surface area contributed by atoms with Crippen LogP contribution in [0.2, 0.25) is 0 Å². The molecule has 0 saturated carbocycles. The average molecular weight is 214 g/mol. The Morgan fingerprint density at radius 3 is 2.36 bits per heavy atom. The lowest BCUT2D eigenvalue weighted by Crippen LogP contribution is -2.45. The third-order valence-electron chi connectivity index (χ3n) is 1.59. The van der Waals surface area contributed by atoms with Crippen LogP contribution in [0.4, 0.5) is 13.2 Å². The second-order valence-electron chi connectivity index (χ2n) is 2.99. The summed E-state index contributed by atoms with van der Waals surface area (Å²) in [7, 11) is 2.61. The zero-order valence-corrected chi connectivity index (χ0v) is 7.93. The predicted octanol–water partition coefficient (Wildman–Crippen LogP) is 0.153. The molecule has 0 aromatic carbocycles. The number of hydrogen-bond acceptors (Lipinski definition) is 3. The Kier molecular flexibility index (Phi) is 4.86. The van der Waals surface area contributed by atoms with E-state index in [1.807, 2.05) is 0 Å². The zero-order valence-electron chi connectivity index (χ0n) is 7.93. The first-order valence-corrected chi connectivity index (χ1v) is 3.91. The van der Waals surface area contributed by atoms with Crippen LogP contribution in [-0.2, 0) is 4.79 Å². The molecule has 1 atom stereocenters. The van der Waals surface area contributed by atoms with Crippen molar-refractivity contribution in [2.75, 3.05) is 27.2 Å². The number of alkyl halides is 3. The van der Waals surface area contributed by atoms with E-state index in [1.165, 1.54) is 14.1 Å². The lowest BCUT2D eigenvalue weighted by Gasteiger charge is -2.21. The summed E-state index contributed by atoms with van der Waals surface area (Å²) in [6, 6.07) is -0.984. The van der Waals surface area contributed by atoms with Gasteiger partial charge >= 0.3 is 12.1 Å². The fourth-order valence-electron chi connectivity index (χ4n) is 0.975. The molecular weight excluding hydrogens is 201 g/mol. The summed E-state index contributed by atoms with van der Waals surface area (Å²) in [5, 5.41) is 11.0. The summed E-state index contributed by atoms with van der Waals surface area (Å²) in [4.78, 5) is 11.4. The molecule has 0 fully saturated rings. The quantitative estimate of drug-likeness (QED) is 0.684. The standard InChI is InChI=1S/C7H13F3N2O2/c1-11-5(6(13)14)3-12(2)4-7(8,9)10/h5,11H,3-4H2,1-2H3,(H,13,14). The summed E-state index contributed by atoms with van der Waals surface area (Å²) in [6.45, 7) is -1.30. The van der Waals surface area contributed by atoms with Gasteiger partial charge in [0.1, 0.15) is 6.04 Å². The molecule has 0 bridgehead atoms. The predicted molar refractivity (Wildman–Crippen MR) is 44.0 cm³/mol. The lowest BCUT2D eigenvalue weighted by atomic mass is 10.3. The maximum atomic E-state index is 11.9. The number of aliphatic carboxylic acids is 1. The average Bonchev–Trinajstić information content (AvgIpc) is 1.96. The highest BCUT2D eigenvalue weighted by Crippen LogP contribution is 2.15. The third kappa shape index (κ3) is 5.76. The molecule has 14 heavy (non-hydrogen) atoms. The van der Waals surface area contributed by atoms with Crippen molar-refractivity contribution >= 4 is 5.97 Å². The van der Waals surface area contributed by atoms with Gasteiger partial charge in [0, 0.05) is 6.54 Å². The normalized spacial score (nSPS) is 14.4. The van der Waals surface area contributed by atoms with Gasteiger partial charge in [0.25, 0.3) is 0 Å². The molecule has 0 aliphatic heterocycles. The van der Waals surface area contributed by atoms with E-state index < -0.39 is 24.7 Å². The maximum Gasteiger partial charge on any atom is 0.401 e. The molecule has 0 spiro atoms. The van der Waals surface area contributed by atoms with Crippen molar-refractivity contribution in [3.63, 3.8) is 0 Å². The Morgan fingerprint density at radius 1 is 1.57 bits per heavy atom. The van der Waals surface area contributed by atoms with E-state index in [0.29, 0.717) is 0 Å². The number of halogens is 3. The molecule has 0 radical (unpaired) electrons. The van der Waals surface area contributed by atoms with Gasteiger partial charge in [0.15, 0.2) is 0 Å². The van der Waals surface area contributed by atoms with Crippen LogP contribution in [0.1, 0.15) is 0 Å². The van der Waals surface area contributed by atoms with E-state index in [1.54, 1.807) is 0 Å². The Morgan fingerprint density at radius 2 is 2.07 bits per heavy atom. The van der Waals surface area contributed by atoms with Crippen LogP contribution in [-0.4, -0.2) is 55.4 Å². The van der Waals surface area contributed by atoms with Gasteiger partial charge in [-0.1, -0.05) is 0 Å². The van der Waals surface area contributed by atoms with E-state index in [4.69, 9.17) is 5.11 Å². The highest BCUT2D eigenvalue weighted by atomic mass is 19.4. The molecule has 0 heterocycles. The van der Waals surface area contributed by atoms with Gasteiger partial charge in [-0.15, -0.1) is 0 Å². The van der Waals surface area contributed by atoms with Crippen LogP contribution in [0.15, 0.2) is 0 Å². The number of rotatable bonds is 5. The Labute approximate surface area is 79.7 Å². The van der Waals surface area contributed by atoms with Crippen molar-refractivity contribution in [2.45, 2.75) is 12.2 Å². The van der Waals surface area contributed by atoms with Crippen LogP contribution in [0.3, 0.4) is 0 Å². The lowest BCUT2D eigenvalue weighted by molar-refractivity contribution is -0.149. The third-order valence-corrected chi connectivity index (χ3v) is 1.59. The summed E-state index contributed by atoms with van der Waals surface area (Å²) in [6.07, 6.45) is -4.30. The molecule has 0 aliphatic carbocycles. The zero-order chi connectivity index (χ0) is 11.4. The van der Waals surface area contributed by atoms with Crippen molar-refractivity contribution in [3.8, 4) is 0 Å². The Hall–Kier alpha value is -0.820. The molecule has 0 aromatic rings. The fourth-order valence-corrected chi connectivity index (χ4v) is 0.975. The second kappa shape index (κ2) is 5.16. The molecule has 1 unspecified atom stereocenters. The van der Waals surface area contributed by atoms with Crippen LogP contribution in [0.25, 0.3) is 0 Å². The summed E-state index contributed by atoms with van der Waals surface area (Å²) in [5.74, 6) is -1.17. The fraction of sp³-hybridized carbons (Fsp3) is 0.857. The minimum Gasteiger partial charge on any atom is -0.480 e. The van der Waals surface area contributed by atoms with Crippen LogP contribution in [0.5, 0.6) is 0 Å². The van der Waals surface area contributed by atoms with Gasteiger partial charge in [-0.25, -0.2) is 0 Å². The van der Waals surface area contributed by atoms with Crippen molar-refractivity contribution < 1.29 is 23.1 Å². The minimum atomic E-state index is -4.30. The molecule has 7 heteroatoms. The van der Waals surface area contributed by atoms with Crippen LogP contribution < -0.4 is 5.32 Å². The first-order chi connectivity index (χ1) is 6.26. The minimum absolute atomic E-state index is 0.189. The summed E-state index contributed by atoms with van der Waals surface area (Å²) in [5.41, 5.74) is 0. The van der Waals surface area contributed by atoms with Gasteiger partial charge in [-0.2, -0.15) is 13.2 Å². The first kappa shape index (κ1) is 13.2. The number of carboxylic acid groups (broad SMARTS) is 1. The monoisotopic (exact) mass is 214 g/mol. The number of hydrogen-bond donors (Lipinski definition) is 2. The highest BCUT2D eigenvalue weighted by Gasteiger charge is 2.30. The SMILES string of the molecule is CNC(CN(C)CC(F)(F)F)C(=O)O. The molecule has 0 aromatic heterocycles. The molecule has 0 saturated heterocycles. The van der Waals surface area contributed by atoms with Gasteiger partial charge in [-0.3, -0.25) is 9.69 Å².